The molecular formula is C22H27N3O3. The number of rotatable bonds is 7. The summed E-state index contributed by atoms with van der Waals surface area (Å²) in [7, 11) is 0. The van der Waals surface area contributed by atoms with Gasteiger partial charge in [-0.05, 0) is 30.2 Å². The number of benzene rings is 2. The SMILES string of the molecule is CCc1ccccc1NC(=O)CN1CCN(C(=O)COc2ccccc2)CC1. The van der Waals surface area contributed by atoms with E-state index < -0.39 is 0 Å². The predicted molar refractivity (Wildman–Crippen MR) is 109 cm³/mol. The molecule has 0 atom stereocenters. The second kappa shape index (κ2) is 9.90. The molecule has 1 heterocycles. The van der Waals surface area contributed by atoms with Gasteiger partial charge in [0.05, 0.1) is 6.54 Å². The Morgan fingerprint density at radius 2 is 1.64 bits per heavy atom. The van der Waals surface area contributed by atoms with Crippen LogP contribution in [-0.2, 0) is 16.0 Å². The van der Waals surface area contributed by atoms with E-state index in [1.165, 1.54) is 0 Å². The van der Waals surface area contributed by atoms with Crippen LogP contribution in [0.25, 0.3) is 0 Å². The van der Waals surface area contributed by atoms with Crippen molar-refractivity contribution in [2.24, 2.45) is 0 Å². The summed E-state index contributed by atoms with van der Waals surface area (Å²) in [4.78, 5) is 28.6. The third-order valence-corrected chi connectivity index (χ3v) is 4.87. The number of ether oxygens (including phenoxy) is 1. The Morgan fingerprint density at radius 1 is 0.964 bits per heavy atom. The third kappa shape index (κ3) is 5.57. The lowest BCUT2D eigenvalue weighted by atomic mass is 10.1. The van der Waals surface area contributed by atoms with E-state index in [0.29, 0.717) is 38.5 Å². The first-order chi connectivity index (χ1) is 13.7. The van der Waals surface area contributed by atoms with Gasteiger partial charge in [0.1, 0.15) is 5.75 Å². The second-order valence-corrected chi connectivity index (χ2v) is 6.82. The van der Waals surface area contributed by atoms with E-state index >= 15 is 0 Å². The Morgan fingerprint density at radius 3 is 2.36 bits per heavy atom. The lowest BCUT2D eigenvalue weighted by Gasteiger charge is -2.34. The van der Waals surface area contributed by atoms with Crippen molar-refractivity contribution in [3.63, 3.8) is 0 Å². The van der Waals surface area contributed by atoms with Gasteiger partial charge < -0.3 is 15.0 Å². The van der Waals surface area contributed by atoms with Gasteiger partial charge in [-0.3, -0.25) is 14.5 Å². The molecule has 0 spiro atoms. The van der Waals surface area contributed by atoms with Crippen molar-refractivity contribution < 1.29 is 14.3 Å². The second-order valence-electron chi connectivity index (χ2n) is 6.82. The summed E-state index contributed by atoms with van der Waals surface area (Å²) < 4.78 is 5.53. The van der Waals surface area contributed by atoms with Crippen LogP contribution in [0.1, 0.15) is 12.5 Å². The van der Waals surface area contributed by atoms with Crippen molar-refractivity contribution in [1.29, 1.82) is 0 Å². The summed E-state index contributed by atoms with van der Waals surface area (Å²) in [6, 6.07) is 17.2. The summed E-state index contributed by atoms with van der Waals surface area (Å²) in [6.45, 7) is 5.02. The van der Waals surface area contributed by atoms with Gasteiger partial charge in [-0.15, -0.1) is 0 Å². The van der Waals surface area contributed by atoms with Crippen LogP contribution in [0.4, 0.5) is 5.69 Å². The first kappa shape index (κ1) is 19.9. The van der Waals surface area contributed by atoms with Crippen molar-refractivity contribution in [3.05, 3.63) is 60.2 Å². The Labute approximate surface area is 166 Å². The summed E-state index contributed by atoms with van der Waals surface area (Å²) in [5, 5.41) is 3.00. The van der Waals surface area contributed by atoms with E-state index in [0.717, 1.165) is 17.7 Å². The fourth-order valence-electron chi connectivity index (χ4n) is 3.25. The number of aryl methyl sites for hydroxylation is 1. The number of anilines is 1. The van der Waals surface area contributed by atoms with Gasteiger partial charge in [-0.1, -0.05) is 43.3 Å². The molecule has 148 valence electrons. The molecular weight excluding hydrogens is 354 g/mol. The third-order valence-electron chi connectivity index (χ3n) is 4.87. The average molecular weight is 381 g/mol. The number of para-hydroxylation sites is 2. The van der Waals surface area contributed by atoms with E-state index in [9.17, 15) is 9.59 Å². The highest BCUT2D eigenvalue weighted by atomic mass is 16.5. The zero-order chi connectivity index (χ0) is 19.8. The molecule has 0 saturated carbocycles. The minimum absolute atomic E-state index is 0.0203. The molecule has 1 aliphatic heterocycles. The summed E-state index contributed by atoms with van der Waals surface area (Å²) in [5.41, 5.74) is 2.01. The van der Waals surface area contributed by atoms with Crippen LogP contribution < -0.4 is 10.1 Å². The molecule has 2 amide bonds. The standard InChI is InChI=1S/C22H27N3O3/c1-2-18-8-6-7-11-20(18)23-21(26)16-24-12-14-25(15-13-24)22(27)17-28-19-9-4-3-5-10-19/h3-11H,2,12-17H2,1H3,(H,23,26). The number of piperazine rings is 1. The smallest absolute Gasteiger partial charge is 0.260 e. The van der Waals surface area contributed by atoms with Crippen molar-refractivity contribution in [2.45, 2.75) is 13.3 Å². The predicted octanol–water partition coefficient (Wildman–Crippen LogP) is 2.41. The fourth-order valence-corrected chi connectivity index (χ4v) is 3.25. The highest BCUT2D eigenvalue weighted by molar-refractivity contribution is 5.93. The molecule has 1 saturated heterocycles. The maximum absolute atomic E-state index is 12.4. The molecule has 0 unspecified atom stereocenters. The minimum atomic E-state index is -0.0233. The molecule has 28 heavy (non-hydrogen) atoms. The van der Waals surface area contributed by atoms with Crippen LogP contribution in [0.3, 0.4) is 0 Å². The Balaban J connectivity index is 1.41. The average Bonchev–Trinajstić information content (AvgIpc) is 2.73. The van der Waals surface area contributed by atoms with Crippen molar-refractivity contribution in [1.82, 2.24) is 9.80 Å². The Bertz CT molecular complexity index is 787. The normalized spacial score (nSPS) is 14.5. The number of carbonyl (C=O) groups excluding carboxylic acids is 2. The molecule has 0 radical (unpaired) electrons. The van der Waals surface area contributed by atoms with Gasteiger partial charge in [0.2, 0.25) is 5.91 Å². The van der Waals surface area contributed by atoms with Crippen LogP contribution in [-0.4, -0.2) is 60.9 Å². The molecule has 1 aliphatic rings. The van der Waals surface area contributed by atoms with Crippen molar-refractivity contribution in [2.75, 3.05) is 44.6 Å². The van der Waals surface area contributed by atoms with Gasteiger partial charge >= 0.3 is 0 Å². The highest BCUT2D eigenvalue weighted by Crippen LogP contribution is 2.15. The number of amides is 2. The van der Waals surface area contributed by atoms with Gasteiger partial charge in [0.25, 0.3) is 5.91 Å². The highest BCUT2D eigenvalue weighted by Gasteiger charge is 2.22. The van der Waals surface area contributed by atoms with Gasteiger partial charge in [-0.2, -0.15) is 0 Å². The largest absolute Gasteiger partial charge is 0.484 e. The first-order valence-corrected chi connectivity index (χ1v) is 9.71. The molecule has 0 aromatic heterocycles. The number of nitrogens with zero attached hydrogens (tertiary/aromatic N) is 2. The number of hydrogen-bond acceptors (Lipinski definition) is 4. The zero-order valence-corrected chi connectivity index (χ0v) is 16.3. The topological polar surface area (TPSA) is 61.9 Å². The lowest BCUT2D eigenvalue weighted by molar-refractivity contribution is -0.135. The van der Waals surface area contributed by atoms with E-state index in [2.05, 4.69) is 17.1 Å². The fraction of sp³-hybridized carbons (Fsp3) is 0.364. The molecule has 2 aromatic rings. The van der Waals surface area contributed by atoms with Crippen LogP contribution in [0, 0.1) is 0 Å². The Kier molecular flexibility index (Phi) is 7.03. The molecule has 0 bridgehead atoms. The summed E-state index contributed by atoms with van der Waals surface area (Å²) in [6.07, 6.45) is 0.877. The van der Waals surface area contributed by atoms with Crippen LogP contribution in [0.2, 0.25) is 0 Å². The molecule has 6 heteroatoms. The van der Waals surface area contributed by atoms with Crippen molar-refractivity contribution in [3.8, 4) is 5.75 Å². The van der Waals surface area contributed by atoms with E-state index in [1.54, 1.807) is 4.90 Å². The number of hydrogen-bond donors (Lipinski definition) is 1. The maximum Gasteiger partial charge on any atom is 0.260 e. The number of carbonyl (C=O) groups is 2. The van der Waals surface area contributed by atoms with E-state index in [-0.39, 0.29) is 18.4 Å². The van der Waals surface area contributed by atoms with Crippen molar-refractivity contribution >= 4 is 17.5 Å². The van der Waals surface area contributed by atoms with E-state index in [1.807, 2.05) is 54.6 Å². The molecule has 3 rings (SSSR count). The quantitative estimate of drug-likeness (QED) is 0.800. The molecule has 1 fully saturated rings. The number of nitrogens with one attached hydrogen (secondary N) is 1. The van der Waals surface area contributed by atoms with Gasteiger partial charge in [0, 0.05) is 31.9 Å². The first-order valence-electron chi connectivity index (χ1n) is 9.71. The summed E-state index contributed by atoms with van der Waals surface area (Å²) >= 11 is 0. The van der Waals surface area contributed by atoms with Crippen LogP contribution in [0.5, 0.6) is 5.75 Å². The van der Waals surface area contributed by atoms with E-state index in [4.69, 9.17) is 4.74 Å². The summed E-state index contributed by atoms with van der Waals surface area (Å²) in [5.74, 6) is 0.649. The molecule has 6 nitrogen and oxygen atoms in total. The van der Waals surface area contributed by atoms with Gasteiger partial charge in [0.15, 0.2) is 6.61 Å². The zero-order valence-electron chi connectivity index (χ0n) is 16.3. The van der Waals surface area contributed by atoms with Crippen LogP contribution >= 0.6 is 0 Å². The lowest BCUT2D eigenvalue weighted by Crippen LogP contribution is -2.51. The monoisotopic (exact) mass is 381 g/mol. The van der Waals surface area contributed by atoms with Gasteiger partial charge in [-0.25, -0.2) is 0 Å². The maximum atomic E-state index is 12.4. The molecule has 0 aliphatic carbocycles. The minimum Gasteiger partial charge on any atom is -0.484 e. The van der Waals surface area contributed by atoms with Crippen LogP contribution in [0.15, 0.2) is 54.6 Å². The Hall–Kier alpha value is -2.86. The molecule has 1 N–H and O–H groups in total. The molecule has 2 aromatic carbocycles.